The van der Waals surface area contributed by atoms with Gasteiger partial charge >= 0.3 is 0 Å². The lowest BCUT2D eigenvalue weighted by Crippen LogP contribution is -2.33. The second kappa shape index (κ2) is 5.72. The van der Waals surface area contributed by atoms with E-state index >= 15 is 0 Å². The number of ketones is 1. The van der Waals surface area contributed by atoms with E-state index in [1.165, 1.54) is 32.4 Å². The molecule has 0 aromatic carbocycles. The molecule has 0 spiro atoms. The number of thioether (sulfide) groups is 1. The van der Waals surface area contributed by atoms with Gasteiger partial charge in [0.15, 0.2) is 5.78 Å². The summed E-state index contributed by atoms with van der Waals surface area (Å²) in [5, 5.41) is 1.17. The Balaban J connectivity index is 1.83. The van der Waals surface area contributed by atoms with Crippen molar-refractivity contribution in [1.82, 2.24) is 4.98 Å². The molecule has 3 nitrogen and oxygen atoms in total. The average molecular weight is 295 g/mol. The van der Waals surface area contributed by atoms with Crippen molar-refractivity contribution >= 4 is 17.5 Å². The predicted octanol–water partition coefficient (Wildman–Crippen LogP) is 3.48. The fraction of sp³-hybridized carbons (Fsp3) is 0.600. The minimum absolute atomic E-state index is 0.00829. The van der Waals surface area contributed by atoms with Gasteiger partial charge in [0.05, 0.1) is 18.9 Å². The van der Waals surface area contributed by atoms with E-state index in [0.29, 0.717) is 16.1 Å². The molecule has 20 heavy (non-hydrogen) atoms. The van der Waals surface area contributed by atoms with Crippen molar-refractivity contribution in [2.75, 3.05) is 7.11 Å². The number of rotatable bonds is 3. The van der Waals surface area contributed by atoms with Crippen LogP contribution >= 0.6 is 11.8 Å². The monoisotopic (exact) mass is 295 g/mol. The predicted molar refractivity (Wildman–Crippen MR) is 76.8 cm³/mol. The van der Waals surface area contributed by atoms with Crippen LogP contribution in [0.1, 0.15) is 42.5 Å². The highest BCUT2D eigenvalue weighted by molar-refractivity contribution is 8.00. The Kier molecular flexibility index (Phi) is 3.96. The molecule has 0 N–H and O–H groups in total. The Morgan fingerprint density at radius 1 is 1.40 bits per heavy atom. The van der Waals surface area contributed by atoms with Crippen molar-refractivity contribution in [2.24, 2.45) is 5.92 Å². The quantitative estimate of drug-likeness (QED) is 0.800. The molecule has 1 aromatic rings. The summed E-state index contributed by atoms with van der Waals surface area (Å²) in [5.74, 6) is -0.269. The van der Waals surface area contributed by atoms with Crippen molar-refractivity contribution in [3.05, 3.63) is 23.6 Å². The van der Waals surface area contributed by atoms with Crippen LogP contribution < -0.4 is 4.74 Å². The van der Waals surface area contributed by atoms with Gasteiger partial charge in [-0.15, -0.1) is 0 Å². The maximum atomic E-state index is 13.4. The smallest absolute Gasteiger partial charge is 0.224 e. The van der Waals surface area contributed by atoms with Gasteiger partial charge in [0.25, 0.3) is 0 Å². The summed E-state index contributed by atoms with van der Waals surface area (Å²) in [5.41, 5.74) is 0.294. The highest BCUT2D eigenvalue weighted by Crippen LogP contribution is 2.45. The third-order valence-electron chi connectivity index (χ3n) is 4.18. The third kappa shape index (κ3) is 2.68. The Hall–Kier alpha value is -1.10. The normalized spacial score (nSPS) is 29.0. The summed E-state index contributed by atoms with van der Waals surface area (Å²) >= 11 is 2.03. The van der Waals surface area contributed by atoms with Crippen LogP contribution in [0.25, 0.3) is 0 Å². The molecule has 2 fully saturated rings. The van der Waals surface area contributed by atoms with Crippen molar-refractivity contribution in [3.8, 4) is 5.88 Å². The van der Waals surface area contributed by atoms with E-state index in [-0.39, 0.29) is 17.6 Å². The topological polar surface area (TPSA) is 39.2 Å². The molecular formula is C15H18FNO2S. The fourth-order valence-corrected chi connectivity index (χ4v) is 5.10. The van der Waals surface area contributed by atoms with E-state index in [0.717, 1.165) is 19.0 Å². The maximum absolute atomic E-state index is 13.4. The molecule has 5 heteroatoms. The minimum atomic E-state index is -0.487. The number of ether oxygens (including phenoxy) is 1. The van der Waals surface area contributed by atoms with E-state index < -0.39 is 5.82 Å². The third-order valence-corrected chi connectivity index (χ3v) is 5.81. The van der Waals surface area contributed by atoms with Crippen LogP contribution in [0.3, 0.4) is 0 Å². The second-order valence-corrected chi connectivity index (χ2v) is 7.16. The minimum Gasteiger partial charge on any atom is -0.480 e. The van der Waals surface area contributed by atoms with Crippen LogP contribution in [0.5, 0.6) is 5.88 Å². The van der Waals surface area contributed by atoms with E-state index in [1.54, 1.807) is 0 Å². The lowest BCUT2D eigenvalue weighted by molar-refractivity contribution is 0.0892. The van der Waals surface area contributed by atoms with Gasteiger partial charge in [-0.3, -0.25) is 4.79 Å². The first-order valence-electron chi connectivity index (χ1n) is 7.06. The van der Waals surface area contributed by atoms with Crippen LogP contribution in [-0.4, -0.2) is 28.4 Å². The van der Waals surface area contributed by atoms with Crippen LogP contribution in [0.2, 0.25) is 0 Å². The van der Waals surface area contributed by atoms with Gasteiger partial charge in [0, 0.05) is 16.4 Å². The number of carbonyl (C=O) groups is 1. The summed E-state index contributed by atoms with van der Waals surface area (Å²) in [6.45, 7) is 0. The number of Topliss-reactive ketones (excluding diaryl/α,β-unsaturated/α-hetero) is 1. The number of hydrogen-bond acceptors (Lipinski definition) is 4. The van der Waals surface area contributed by atoms with Crippen molar-refractivity contribution < 1.29 is 13.9 Å². The molecule has 3 heterocycles. The summed E-state index contributed by atoms with van der Waals surface area (Å²) in [4.78, 5) is 16.5. The number of halogens is 1. The van der Waals surface area contributed by atoms with E-state index in [2.05, 4.69) is 4.98 Å². The van der Waals surface area contributed by atoms with Crippen molar-refractivity contribution in [3.63, 3.8) is 0 Å². The summed E-state index contributed by atoms with van der Waals surface area (Å²) in [7, 11) is 1.46. The number of nitrogens with zero attached hydrogens (tertiary/aromatic N) is 1. The molecule has 1 aromatic heterocycles. The van der Waals surface area contributed by atoms with Gasteiger partial charge in [-0.05, 0) is 31.7 Å². The zero-order chi connectivity index (χ0) is 14.1. The van der Waals surface area contributed by atoms with E-state index in [4.69, 9.17) is 4.74 Å². The zero-order valence-electron chi connectivity index (χ0n) is 11.5. The first kappa shape index (κ1) is 13.9. The van der Waals surface area contributed by atoms with E-state index in [9.17, 15) is 9.18 Å². The van der Waals surface area contributed by atoms with Gasteiger partial charge in [0.1, 0.15) is 5.82 Å². The van der Waals surface area contributed by atoms with E-state index in [1.807, 2.05) is 11.8 Å². The first-order chi connectivity index (χ1) is 9.67. The lowest BCUT2D eigenvalue weighted by atomic mass is 9.84. The highest BCUT2D eigenvalue weighted by Gasteiger charge is 2.36. The SMILES string of the molecule is COc1ncc(F)cc1C(=O)C1CC2CCCC(C1)S2. The van der Waals surface area contributed by atoms with Gasteiger partial charge in [0.2, 0.25) is 5.88 Å². The van der Waals surface area contributed by atoms with Gasteiger partial charge in [-0.25, -0.2) is 9.37 Å². The number of carbonyl (C=O) groups excluding carboxylic acids is 1. The molecule has 0 amide bonds. The standard InChI is InChI=1S/C15H18FNO2S/c1-19-15-13(7-10(16)8-17-15)14(18)9-5-11-3-2-4-12(6-9)20-11/h7-9,11-12H,2-6H2,1H3. The molecule has 0 radical (unpaired) electrons. The molecule has 0 saturated carbocycles. The van der Waals surface area contributed by atoms with Crippen LogP contribution in [0.4, 0.5) is 4.39 Å². The van der Waals surface area contributed by atoms with Crippen LogP contribution in [0.15, 0.2) is 12.3 Å². The molecule has 2 bridgehead atoms. The van der Waals surface area contributed by atoms with Crippen LogP contribution in [0, 0.1) is 11.7 Å². The number of methoxy groups -OCH3 is 1. The Morgan fingerprint density at radius 3 is 2.75 bits per heavy atom. The molecule has 2 aliphatic rings. The first-order valence-corrected chi connectivity index (χ1v) is 8.01. The number of aromatic nitrogens is 1. The summed E-state index contributed by atoms with van der Waals surface area (Å²) in [6.07, 6.45) is 6.56. The molecule has 2 atom stereocenters. The maximum Gasteiger partial charge on any atom is 0.224 e. The molecule has 108 valence electrons. The largest absolute Gasteiger partial charge is 0.480 e. The second-order valence-electron chi connectivity index (χ2n) is 5.55. The highest BCUT2D eigenvalue weighted by atomic mass is 32.2. The molecule has 0 aliphatic carbocycles. The molecule has 3 rings (SSSR count). The Bertz CT molecular complexity index is 511. The van der Waals surface area contributed by atoms with Crippen LogP contribution in [-0.2, 0) is 0 Å². The van der Waals surface area contributed by atoms with Crippen molar-refractivity contribution in [1.29, 1.82) is 0 Å². The summed E-state index contributed by atoms with van der Waals surface area (Å²) < 4.78 is 18.5. The average Bonchev–Trinajstić information content (AvgIpc) is 2.46. The zero-order valence-corrected chi connectivity index (χ0v) is 12.3. The Labute approximate surface area is 122 Å². The Morgan fingerprint density at radius 2 is 2.10 bits per heavy atom. The molecule has 2 unspecified atom stereocenters. The van der Waals surface area contributed by atoms with Gasteiger partial charge in [-0.1, -0.05) is 6.42 Å². The molecular weight excluding hydrogens is 277 g/mol. The number of hydrogen-bond donors (Lipinski definition) is 0. The fourth-order valence-electron chi connectivity index (χ4n) is 3.26. The van der Waals surface area contributed by atoms with Gasteiger partial charge in [-0.2, -0.15) is 11.8 Å². The number of pyridine rings is 1. The lowest BCUT2D eigenvalue weighted by Gasteiger charge is -2.37. The summed E-state index contributed by atoms with van der Waals surface area (Å²) in [6, 6.07) is 1.26. The number of fused-ring (bicyclic) bond motifs is 2. The van der Waals surface area contributed by atoms with Gasteiger partial charge < -0.3 is 4.74 Å². The molecule has 2 saturated heterocycles. The molecule has 2 aliphatic heterocycles. The van der Waals surface area contributed by atoms with Crippen molar-refractivity contribution in [2.45, 2.75) is 42.6 Å².